The van der Waals surface area contributed by atoms with Crippen LogP contribution in [0.5, 0.6) is 0 Å². The smallest absolute Gasteiger partial charge is 0.139 e. The Bertz CT molecular complexity index is 669. The summed E-state index contributed by atoms with van der Waals surface area (Å²) in [5.41, 5.74) is 1.18. The highest BCUT2D eigenvalue weighted by Crippen LogP contribution is 2.28. The number of nitrogens with one attached hydrogen (secondary N) is 1. The lowest BCUT2D eigenvalue weighted by molar-refractivity contribution is 0.0886. The number of hydrogen-bond donors (Lipinski definition) is 1. The first-order valence-electron chi connectivity index (χ1n) is 7.97. The Morgan fingerprint density at radius 1 is 1.39 bits per heavy atom. The molecule has 124 valence electrons. The van der Waals surface area contributed by atoms with Gasteiger partial charge in [-0.3, -0.25) is 4.21 Å². The second-order valence-corrected chi connectivity index (χ2v) is 7.12. The van der Waals surface area contributed by atoms with E-state index >= 15 is 0 Å². The van der Waals surface area contributed by atoms with E-state index in [2.05, 4.69) is 21.8 Å². The second-order valence-electron chi connectivity index (χ2n) is 5.74. The molecule has 0 saturated carbocycles. The molecule has 0 aliphatic carbocycles. The molecule has 6 heteroatoms. The molecule has 1 aromatic carbocycles. The molecule has 1 fully saturated rings. The summed E-state index contributed by atoms with van der Waals surface area (Å²) in [6.45, 7) is 4.54. The summed E-state index contributed by atoms with van der Waals surface area (Å²) >= 11 is 0. The van der Waals surface area contributed by atoms with Gasteiger partial charge in [-0.2, -0.15) is 0 Å². The Morgan fingerprint density at radius 3 is 2.87 bits per heavy atom. The summed E-state index contributed by atoms with van der Waals surface area (Å²) in [6.07, 6.45) is 6.52. The minimum absolute atomic E-state index is 0.00682. The largest absolute Gasteiger partial charge is 0.369 e. The lowest BCUT2D eigenvalue weighted by atomic mass is 10.1. The van der Waals surface area contributed by atoms with Crippen LogP contribution >= 0.6 is 0 Å². The number of benzene rings is 1. The van der Waals surface area contributed by atoms with Crippen LogP contribution in [-0.4, -0.2) is 32.7 Å². The summed E-state index contributed by atoms with van der Waals surface area (Å²) in [4.78, 5) is 5.33. The van der Waals surface area contributed by atoms with Crippen LogP contribution in [0, 0.1) is 0 Å². The van der Waals surface area contributed by atoms with Gasteiger partial charge in [-0.15, -0.1) is 0 Å². The lowest BCUT2D eigenvalue weighted by Crippen LogP contribution is -2.32. The van der Waals surface area contributed by atoms with Crippen molar-refractivity contribution in [2.75, 3.05) is 12.9 Å². The number of rotatable bonds is 6. The Morgan fingerprint density at radius 2 is 2.17 bits per heavy atom. The van der Waals surface area contributed by atoms with Gasteiger partial charge in [0.1, 0.15) is 11.9 Å². The van der Waals surface area contributed by atoms with Gasteiger partial charge in [0, 0.05) is 60.1 Å². The van der Waals surface area contributed by atoms with Crippen LogP contribution in [0.25, 0.3) is 0 Å². The molecule has 1 aromatic heterocycles. The van der Waals surface area contributed by atoms with Crippen LogP contribution in [0.15, 0.2) is 41.6 Å². The predicted molar refractivity (Wildman–Crippen MR) is 90.6 cm³/mol. The molecule has 3 atom stereocenters. The maximum absolute atomic E-state index is 11.4. The molecule has 23 heavy (non-hydrogen) atoms. The van der Waals surface area contributed by atoms with Crippen molar-refractivity contribution >= 4 is 10.8 Å². The molecule has 1 N–H and O–H groups in total. The highest BCUT2D eigenvalue weighted by molar-refractivity contribution is 7.84. The van der Waals surface area contributed by atoms with E-state index in [4.69, 9.17) is 4.74 Å². The molecule has 2 heterocycles. The molecule has 1 aliphatic heterocycles. The number of nitrogens with zero attached hydrogens (tertiary/aromatic N) is 2. The van der Waals surface area contributed by atoms with Crippen molar-refractivity contribution in [1.82, 2.24) is 14.9 Å². The van der Waals surface area contributed by atoms with E-state index < -0.39 is 10.8 Å². The third-order valence-corrected chi connectivity index (χ3v) is 5.19. The van der Waals surface area contributed by atoms with E-state index in [9.17, 15) is 4.21 Å². The molecule has 0 unspecified atom stereocenters. The highest BCUT2D eigenvalue weighted by atomic mass is 32.2. The van der Waals surface area contributed by atoms with Gasteiger partial charge in [-0.05, 0) is 31.0 Å². The molecule has 1 saturated heterocycles. The quantitative estimate of drug-likeness (QED) is 0.881. The fourth-order valence-electron chi connectivity index (χ4n) is 2.95. The minimum Gasteiger partial charge on any atom is -0.369 e. The van der Waals surface area contributed by atoms with E-state index in [1.165, 1.54) is 5.56 Å². The van der Waals surface area contributed by atoms with Crippen molar-refractivity contribution in [3.8, 4) is 0 Å². The molecule has 5 nitrogen and oxygen atoms in total. The SMILES string of the molecule is CCn1ccnc1[C@H]1OCC[C@@H]1NCc1ccc([S@](C)=O)cc1. The van der Waals surface area contributed by atoms with Crippen molar-refractivity contribution in [1.29, 1.82) is 0 Å². The first kappa shape index (κ1) is 16.4. The number of aromatic nitrogens is 2. The first-order valence-corrected chi connectivity index (χ1v) is 9.53. The van der Waals surface area contributed by atoms with Gasteiger partial charge in [0.05, 0.1) is 0 Å². The van der Waals surface area contributed by atoms with E-state index in [0.29, 0.717) is 0 Å². The normalized spacial score (nSPS) is 22.3. The maximum atomic E-state index is 11.4. The molecule has 0 amide bonds. The van der Waals surface area contributed by atoms with Crippen LogP contribution in [0.1, 0.15) is 30.8 Å². The fraction of sp³-hybridized carbons (Fsp3) is 0.471. The Hall–Kier alpha value is -1.50. The zero-order valence-electron chi connectivity index (χ0n) is 13.6. The standard InChI is InChI=1S/C17H23N3O2S/c1-3-20-10-9-18-17(20)16-15(8-11-22-16)19-12-13-4-6-14(7-5-13)23(2)21/h4-7,9-10,15-16,19H,3,8,11-12H2,1-2H3/t15-,16-,23-/m0/s1. The van der Waals surface area contributed by atoms with Crippen LogP contribution < -0.4 is 5.32 Å². The molecular weight excluding hydrogens is 310 g/mol. The van der Waals surface area contributed by atoms with Gasteiger partial charge in [0.15, 0.2) is 0 Å². The van der Waals surface area contributed by atoms with Crippen molar-refractivity contribution in [3.63, 3.8) is 0 Å². The average molecular weight is 333 g/mol. The monoisotopic (exact) mass is 333 g/mol. The van der Waals surface area contributed by atoms with Gasteiger partial charge in [0.2, 0.25) is 0 Å². The van der Waals surface area contributed by atoms with Gasteiger partial charge >= 0.3 is 0 Å². The lowest BCUT2D eigenvalue weighted by Gasteiger charge is -2.20. The number of ether oxygens (including phenoxy) is 1. The highest BCUT2D eigenvalue weighted by Gasteiger charge is 2.32. The summed E-state index contributed by atoms with van der Waals surface area (Å²) < 4.78 is 19.5. The summed E-state index contributed by atoms with van der Waals surface area (Å²) in [6, 6.07) is 8.19. The molecule has 0 bridgehead atoms. The zero-order chi connectivity index (χ0) is 16.2. The van der Waals surface area contributed by atoms with Crippen LogP contribution in [-0.2, 0) is 28.6 Å². The maximum Gasteiger partial charge on any atom is 0.139 e. The zero-order valence-corrected chi connectivity index (χ0v) is 14.4. The predicted octanol–water partition coefficient (Wildman–Crippen LogP) is 2.26. The van der Waals surface area contributed by atoms with Gasteiger partial charge in [0.25, 0.3) is 0 Å². The third-order valence-electron chi connectivity index (χ3n) is 4.26. The van der Waals surface area contributed by atoms with Gasteiger partial charge in [-0.1, -0.05) is 12.1 Å². The Kier molecular flexibility index (Phi) is 5.25. The Balaban J connectivity index is 1.64. The van der Waals surface area contributed by atoms with Gasteiger partial charge < -0.3 is 14.6 Å². The van der Waals surface area contributed by atoms with Crippen LogP contribution in [0.4, 0.5) is 0 Å². The van der Waals surface area contributed by atoms with E-state index in [1.54, 1.807) is 6.26 Å². The average Bonchev–Trinajstić information content (AvgIpc) is 3.21. The van der Waals surface area contributed by atoms with Crippen molar-refractivity contribution in [2.45, 2.75) is 43.5 Å². The summed E-state index contributed by atoms with van der Waals surface area (Å²) in [5, 5.41) is 3.58. The topological polar surface area (TPSA) is 56.1 Å². The number of hydrogen-bond acceptors (Lipinski definition) is 4. The molecule has 3 rings (SSSR count). The third kappa shape index (κ3) is 3.71. The van der Waals surface area contributed by atoms with E-state index in [1.807, 2.05) is 36.7 Å². The van der Waals surface area contributed by atoms with Crippen molar-refractivity contribution in [3.05, 3.63) is 48.0 Å². The van der Waals surface area contributed by atoms with E-state index in [0.717, 1.165) is 36.8 Å². The minimum atomic E-state index is -0.924. The van der Waals surface area contributed by atoms with Crippen LogP contribution in [0.3, 0.4) is 0 Å². The fourth-order valence-corrected chi connectivity index (χ4v) is 3.47. The molecule has 0 spiro atoms. The van der Waals surface area contributed by atoms with Crippen LogP contribution in [0.2, 0.25) is 0 Å². The van der Waals surface area contributed by atoms with Crippen molar-refractivity contribution in [2.24, 2.45) is 0 Å². The molecule has 2 aromatic rings. The molecular formula is C17H23N3O2S. The first-order chi connectivity index (χ1) is 11.2. The van der Waals surface area contributed by atoms with E-state index in [-0.39, 0.29) is 12.1 Å². The number of aryl methyl sites for hydroxylation is 1. The van der Waals surface area contributed by atoms with Gasteiger partial charge in [-0.25, -0.2) is 4.98 Å². The number of imidazole rings is 1. The molecule has 1 aliphatic rings. The second kappa shape index (κ2) is 7.38. The summed E-state index contributed by atoms with van der Waals surface area (Å²) in [5.74, 6) is 0.999. The van der Waals surface area contributed by atoms with Crippen molar-refractivity contribution < 1.29 is 8.95 Å². The molecule has 0 radical (unpaired) electrons. The Labute approximate surface area is 139 Å². The summed E-state index contributed by atoms with van der Waals surface area (Å²) in [7, 11) is -0.924.